The monoisotopic (exact) mass is 447 g/mol. The van der Waals surface area contributed by atoms with E-state index in [9.17, 15) is 9.59 Å². The molecule has 148 valence electrons. The zero-order valence-corrected chi connectivity index (χ0v) is 17.3. The number of carbonyl (C=O) groups excluding carboxylic acids is 2. The van der Waals surface area contributed by atoms with Crippen molar-refractivity contribution in [1.82, 2.24) is 5.43 Å². The summed E-state index contributed by atoms with van der Waals surface area (Å²) in [6, 6.07) is 12.6. The van der Waals surface area contributed by atoms with Crippen LogP contribution in [0.15, 0.2) is 52.0 Å². The van der Waals surface area contributed by atoms with Gasteiger partial charge in [0.15, 0.2) is 11.5 Å². The lowest BCUT2D eigenvalue weighted by Gasteiger charge is -2.07. The first kappa shape index (κ1) is 21.4. The number of halogens is 1. The summed E-state index contributed by atoms with van der Waals surface area (Å²) in [7, 11) is 3.11. The zero-order valence-electron chi connectivity index (χ0n) is 15.7. The van der Waals surface area contributed by atoms with Crippen molar-refractivity contribution < 1.29 is 19.1 Å². The molecule has 2 N–H and O–H groups in total. The molecule has 0 bridgehead atoms. The van der Waals surface area contributed by atoms with Crippen LogP contribution < -0.4 is 20.2 Å². The first-order chi connectivity index (χ1) is 13.5. The standard InChI is InChI=1S/C20H22BrN3O4/c1-27-17-11-6-14(12-18(17)28-2)13-22-24-20(26)5-3-4-19(25)23-16-9-7-15(21)8-10-16/h6-13H,3-5H2,1-2H3,(H,23,25)(H,24,26). The summed E-state index contributed by atoms with van der Waals surface area (Å²) in [5.41, 5.74) is 3.92. The van der Waals surface area contributed by atoms with Crippen LogP contribution >= 0.6 is 15.9 Å². The van der Waals surface area contributed by atoms with Gasteiger partial charge in [-0.05, 0) is 54.4 Å². The van der Waals surface area contributed by atoms with Crippen LogP contribution in [0.3, 0.4) is 0 Å². The maximum Gasteiger partial charge on any atom is 0.240 e. The van der Waals surface area contributed by atoms with Crippen LogP contribution in [0.1, 0.15) is 24.8 Å². The first-order valence-corrected chi connectivity index (χ1v) is 9.40. The molecular weight excluding hydrogens is 426 g/mol. The van der Waals surface area contributed by atoms with E-state index in [-0.39, 0.29) is 24.7 Å². The maximum atomic E-state index is 11.9. The molecule has 2 amide bonds. The lowest BCUT2D eigenvalue weighted by Crippen LogP contribution is -2.18. The van der Waals surface area contributed by atoms with E-state index in [2.05, 4.69) is 31.8 Å². The van der Waals surface area contributed by atoms with E-state index in [4.69, 9.17) is 9.47 Å². The zero-order chi connectivity index (χ0) is 20.4. The van der Waals surface area contributed by atoms with Crippen molar-refractivity contribution in [2.45, 2.75) is 19.3 Å². The molecule has 0 heterocycles. The number of carbonyl (C=O) groups is 2. The van der Waals surface area contributed by atoms with Gasteiger partial charge >= 0.3 is 0 Å². The van der Waals surface area contributed by atoms with Crippen LogP contribution in [-0.2, 0) is 9.59 Å². The Kier molecular flexibility index (Phi) is 8.48. The fraction of sp³-hybridized carbons (Fsp3) is 0.250. The van der Waals surface area contributed by atoms with Crippen LogP contribution in [0, 0.1) is 0 Å². The van der Waals surface area contributed by atoms with Gasteiger partial charge in [-0.25, -0.2) is 5.43 Å². The smallest absolute Gasteiger partial charge is 0.240 e. The number of methoxy groups -OCH3 is 2. The molecule has 0 saturated carbocycles. The van der Waals surface area contributed by atoms with Crippen LogP contribution in [0.2, 0.25) is 0 Å². The van der Waals surface area contributed by atoms with E-state index < -0.39 is 0 Å². The van der Waals surface area contributed by atoms with Gasteiger partial charge in [0.2, 0.25) is 11.8 Å². The minimum absolute atomic E-state index is 0.135. The summed E-state index contributed by atoms with van der Waals surface area (Å²) >= 11 is 3.34. The third-order valence-electron chi connectivity index (χ3n) is 3.75. The molecule has 0 aliphatic heterocycles. The first-order valence-electron chi connectivity index (χ1n) is 8.61. The summed E-state index contributed by atoms with van der Waals surface area (Å²) in [6.45, 7) is 0. The van der Waals surface area contributed by atoms with Gasteiger partial charge in [-0.2, -0.15) is 5.10 Å². The number of anilines is 1. The molecule has 8 heteroatoms. The predicted octanol–water partition coefficient (Wildman–Crippen LogP) is 3.73. The molecule has 0 aliphatic carbocycles. The Morgan fingerprint density at radius 3 is 2.36 bits per heavy atom. The fourth-order valence-electron chi connectivity index (χ4n) is 2.33. The molecule has 0 fully saturated rings. The number of hydrogen-bond acceptors (Lipinski definition) is 5. The number of ether oxygens (including phenoxy) is 2. The predicted molar refractivity (Wildman–Crippen MR) is 112 cm³/mol. The van der Waals surface area contributed by atoms with Crippen molar-refractivity contribution >= 4 is 39.6 Å². The van der Waals surface area contributed by atoms with Gasteiger partial charge < -0.3 is 14.8 Å². The minimum Gasteiger partial charge on any atom is -0.493 e. The fourth-order valence-corrected chi connectivity index (χ4v) is 2.60. The highest BCUT2D eigenvalue weighted by Crippen LogP contribution is 2.26. The Hall–Kier alpha value is -2.87. The number of amides is 2. The molecular formula is C20H22BrN3O4. The molecule has 2 aromatic rings. The molecule has 0 aromatic heterocycles. The van der Waals surface area contributed by atoms with Gasteiger partial charge in [0.25, 0.3) is 0 Å². The summed E-state index contributed by atoms with van der Waals surface area (Å²) in [5, 5.41) is 6.70. The van der Waals surface area contributed by atoms with E-state index in [1.54, 1.807) is 44.6 Å². The van der Waals surface area contributed by atoms with Crippen molar-refractivity contribution in [3.05, 3.63) is 52.5 Å². The van der Waals surface area contributed by atoms with Gasteiger partial charge in [-0.15, -0.1) is 0 Å². The van der Waals surface area contributed by atoms with E-state index >= 15 is 0 Å². The number of hydrogen-bond donors (Lipinski definition) is 2. The SMILES string of the molecule is COc1ccc(C=NNC(=O)CCCC(=O)Nc2ccc(Br)cc2)cc1OC. The molecule has 0 saturated heterocycles. The molecule has 28 heavy (non-hydrogen) atoms. The molecule has 2 rings (SSSR count). The molecule has 0 atom stereocenters. The number of hydrazone groups is 1. The lowest BCUT2D eigenvalue weighted by atomic mass is 10.2. The summed E-state index contributed by atoms with van der Waals surface area (Å²) in [6.07, 6.45) is 2.40. The molecule has 7 nitrogen and oxygen atoms in total. The van der Waals surface area contributed by atoms with Crippen LogP contribution in [-0.4, -0.2) is 32.2 Å². The van der Waals surface area contributed by atoms with Crippen molar-refractivity contribution in [1.29, 1.82) is 0 Å². The Morgan fingerprint density at radius 2 is 1.68 bits per heavy atom. The quantitative estimate of drug-likeness (QED) is 0.452. The second-order valence-corrected chi connectivity index (χ2v) is 6.73. The summed E-state index contributed by atoms with van der Waals surface area (Å²) in [4.78, 5) is 23.7. The average Bonchev–Trinajstić information content (AvgIpc) is 2.69. The topological polar surface area (TPSA) is 89.0 Å². The van der Waals surface area contributed by atoms with Crippen LogP contribution in [0.4, 0.5) is 5.69 Å². The van der Waals surface area contributed by atoms with E-state index in [1.165, 1.54) is 6.21 Å². The number of nitrogens with one attached hydrogen (secondary N) is 2. The summed E-state index contributed by atoms with van der Waals surface area (Å²) < 4.78 is 11.3. The molecule has 0 spiro atoms. The average molecular weight is 448 g/mol. The van der Waals surface area contributed by atoms with Crippen LogP contribution in [0.5, 0.6) is 11.5 Å². The highest BCUT2D eigenvalue weighted by Gasteiger charge is 2.06. The largest absolute Gasteiger partial charge is 0.493 e. The highest BCUT2D eigenvalue weighted by molar-refractivity contribution is 9.10. The summed E-state index contributed by atoms with van der Waals surface area (Å²) in [5.74, 6) is 0.803. The number of benzene rings is 2. The normalized spacial score (nSPS) is 10.5. The van der Waals surface area contributed by atoms with Crippen molar-refractivity contribution in [3.63, 3.8) is 0 Å². The van der Waals surface area contributed by atoms with E-state index in [0.717, 1.165) is 15.7 Å². The highest BCUT2D eigenvalue weighted by atomic mass is 79.9. The third kappa shape index (κ3) is 7.03. The Labute approximate surface area is 172 Å². The second-order valence-electron chi connectivity index (χ2n) is 5.82. The Balaban J connectivity index is 1.71. The Morgan fingerprint density at radius 1 is 1.00 bits per heavy atom. The van der Waals surface area contributed by atoms with Crippen molar-refractivity contribution in [2.24, 2.45) is 5.10 Å². The van der Waals surface area contributed by atoms with Crippen molar-refractivity contribution in [2.75, 3.05) is 19.5 Å². The van der Waals surface area contributed by atoms with E-state index in [1.807, 2.05) is 12.1 Å². The second kappa shape index (κ2) is 11.1. The van der Waals surface area contributed by atoms with Gasteiger partial charge in [-0.1, -0.05) is 15.9 Å². The van der Waals surface area contributed by atoms with Crippen LogP contribution in [0.25, 0.3) is 0 Å². The van der Waals surface area contributed by atoms with Gasteiger partial charge in [0, 0.05) is 23.0 Å². The maximum absolute atomic E-state index is 11.9. The molecule has 0 radical (unpaired) electrons. The Bertz CT molecular complexity index is 838. The number of nitrogens with zero attached hydrogens (tertiary/aromatic N) is 1. The molecule has 0 aliphatic rings. The number of rotatable bonds is 9. The molecule has 0 unspecified atom stereocenters. The van der Waals surface area contributed by atoms with Gasteiger partial charge in [0.1, 0.15) is 0 Å². The van der Waals surface area contributed by atoms with Crippen molar-refractivity contribution in [3.8, 4) is 11.5 Å². The third-order valence-corrected chi connectivity index (χ3v) is 4.27. The lowest BCUT2D eigenvalue weighted by molar-refractivity contribution is -0.121. The molecule has 2 aromatic carbocycles. The minimum atomic E-state index is -0.256. The van der Waals surface area contributed by atoms with Gasteiger partial charge in [0.05, 0.1) is 20.4 Å². The van der Waals surface area contributed by atoms with Gasteiger partial charge in [-0.3, -0.25) is 9.59 Å². The van der Waals surface area contributed by atoms with E-state index in [0.29, 0.717) is 17.9 Å².